The van der Waals surface area contributed by atoms with Gasteiger partial charge in [-0.3, -0.25) is 13.8 Å². The van der Waals surface area contributed by atoms with Crippen LogP contribution in [0.15, 0.2) is 48.6 Å². The molecular weight excluding hydrogens is 613 g/mol. The molecule has 0 aliphatic carbocycles. The average Bonchev–Trinajstić information content (AvgIpc) is 3.01. The number of allylic oxidation sites excluding steroid dienone is 8. The van der Waals surface area contributed by atoms with Crippen molar-refractivity contribution in [2.75, 3.05) is 54.1 Å². The molecule has 47 heavy (non-hydrogen) atoms. The highest BCUT2D eigenvalue weighted by Gasteiger charge is 2.26. The second-order valence-corrected chi connectivity index (χ2v) is 14.7. The van der Waals surface area contributed by atoms with Crippen LogP contribution in [0.1, 0.15) is 129 Å². The summed E-state index contributed by atoms with van der Waals surface area (Å²) in [6, 6.07) is 0. The molecule has 0 aromatic rings. The Morgan fingerprint density at radius 1 is 0.681 bits per heavy atom. The van der Waals surface area contributed by atoms with E-state index in [1.807, 2.05) is 21.1 Å². The number of esters is 1. The summed E-state index contributed by atoms with van der Waals surface area (Å²) < 4.78 is 34.7. The lowest BCUT2D eigenvalue weighted by Crippen LogP contribution is -2.37. The fraction of sp³-hybridized carbons (Fsp3) is 0.763. The topological polar surface area (TPSA) is 91.3 Å². The van der Waals surface area contributed by atoms with Crippen molar-refractivity contribution in [2.24, 2.45) is 0 Å². The Labute approximate surface area is 288 Å². The number of rotatable bonds is 33. The monoisotopic (exact) mass is 684 g/mol. The Bertz CT molecular complexity index is 895. The number of carbonyl (C=O) groups excluding carboxylic acids is 1. The minimum absolute atomic E-state index is 0.0798. The van der Waals surface area contributed by atoms with E-state index >= 15 is 0 Å². The number of hydrogen-bond acceptors (Lipinski definition) is 6. The summed E-state index contributed by atoms with van der Waals surface area (Å²) in [6.07, 6.45) is 35.7. The van der Waals surface area contributed by atoms with Crippen LogP contribution >= 0.6 is 7.82 Å². The van der Waals surface area contributed by atoms with E-state index < -0.39 is 13.9 Å². The van der Waals surface area contributed by atoms with Crippen molar-refractivity contribution in [1.82, 2.24) is 0 Å². The zero-order valence-electron chi connectivity index (χ0n) is 30.8. The smallest absolute Gasteiger partial charge is 0.457 e. The van der Waals surface area contributed by atoms with Gasteiger partial charge in [-0.2, -0.15) is 0 Å². The van der Waals surface area contributed by atoms with E-state index in [2.05, 4.69) is 62.5 Å². The van der Waals surface area contributed by atoms with Crippen LogP contribution < -0.4 is 0 Å². The molecule has 0 rings (SSSR count). The first-order valence-electron chi connectivity index (χ1n) is 18.4. The SMILES string of the molecule is CC/C=C\C/C=C\C/C=C\CCCCCC(=O)OC(COCCCCCCCC/C=C\CCCC)COP(=O)(O)OCC[N+](C)(C)C. The highest BCUT2D eigenvalue weighted by Crippen LogP contribution is 2.43. The maximum absolute atomic E-state index is 12.6. The van der Waals surface area contributed by atoms with Gasteiger partial charge >= 0.3 is 13.8 Å². The number of unbranched alkanes of at least 4 members (excludes halogenated alkanes) is 11. The molecule has 0 spiro atoms. The van der Waals surface area contributed by atoms with E-state index in [1.54, 1.807) is 0 Å². The Hall–Kier alpha value is -1.54. The third-order valence-electron chi connectivity index (χ3n) is 7.37. The van der Waals surface area contributed by atoms with Crippen LogP contribution in [0.3, 0.4) is 0 Å². The first-order valence-corrected chi connectivity index (χ1v) is 19.9. The number of quaternary nitrogens is 1. The quantitative estimate of drug-likeness (QED) is 0.0242. The molecule has 0 heterocycles. The van der Waals surface area contributed by atoms with E-state index in [4.69, 9.17) is 18.5 Å². The van der Waals surface area contributed by atoms with Gasteiger partial charge in [0.15, 0.2) is 0 Å². The molecule has 8 nitrogen and oxygen atoms in total. The molecule has 0 amide bonds. The number of likely N-dealkylation sites (N-methyl/N-ethyl adjacent to an activating group) is 1. The molecule has 2 unspecified atom stereocenters. The Balaban J connectivity index is 4.40. The van der Waals surface area contributed by atoms with Crippen molar-refractivity contribution in [2.45, 2.75) is 136 Å². The average molecular weight is 685 g/mol. The van der Waals surface area contributed by atoms with E-state index in [1.165, 1.54) is 51.4 Å². The van der Waals surface area contributed by atoms with Crippen molar-refractivity contribution >= 4 is 13.8 Å². The molecule has 0 saturated carbocycles. The molecule has 0 aromatic carbocycles. The largest absolute Gasteiger partial charge is 0.472 e. The number of phosphoric ester groups is 1. The van der Waals surface area contributed by atoms with Crippen LogP contribution in [0, 0.1) is 0 Å². The van der Waals surface area contributed by atoms with Gasteiger partial charge in [-0.25, -0.2) is 4.57 Å². The third kappa shape index (κ3) is 35.6. The zero-order valence-corrected chi connectivity index (χ0v) is 31.6. The zero-order chi connectivity index (χ0) is 34.9. The summed E-state index contributed by atoms with van der Waals surface area (Å²) in [6.45, 7) is 5.39. The molecule has 2 atom stereocenters. The number of carbonyl (C=O) groups is 1. The molecule has 0 aliphatic heterocycles. The van der Waals surface area contributed by atoms with Gasteiger partial charge in [0.25, 0.3) is 0 Å². The van der Waals surface area contributed by atoms with Crippen LogP contribution in [0.25, 0.3) is 0 Å². The van der Waals surface area contributed by atoms with Gasteiger partial charge in [0.2, 0.25) is 0 Å². The van der Waals surface area contributed by atoms with Gasteiger partial charge in [-0.05, 0) is 64.2 Å². The molecule has 274 valence electrons. The number of hydrogen-bond donors (Lipinski definition) is 1. The third-order valence-corrected chi connectivity index (χ3v) is 8.36. The lowest BCUT2D eigenvalue weighted by atomic mass is 10.1. The summed E-state index contributed by atoms with van der Waals surface area (Å²) in [5.74, 6) is -0.348. The summed E-state index contributed by atoms with van der Waals surface area (Å²) in [4.78, 5) is 22.7. The molecule has 0 bridgehead atoms. The maximum atomic E-state index is 12.6. The molecule has 0 saturated heterocycles. The molecule has 9 heteroatoms. The predicted octanol–water partition coefficient (Wildman–Crippen LogP) is 10.0. The van der Waals surface area contributed by atoms with Gasteiger partial charge in [0.1, 0.15) is 19.3 Å². The van der Waals surface area contributed by atoms with Crippen molar-refractivity contribution in [3.05, 3.63) is 48.6 Å². The second-order valence-electron chi connectivity index (χ2n) is 13.2. The number of nitrogens with zero attached hydrogens (tertiary/aromatic N) is 1. The highest BCUT2D eigenvalue weighted by molar-refractivity contribution is 7.47. The molecule has 0 aromatic heterocycles. The van der Waals surface area contributed by atoms with Crippen LogP contribution in [-0.4, -0.2) is 75.6 Å². The predicted molar refractivity (Wildman–Crippen MR) is 196 cm³/mol. The van der Waals surface area contributed by atoms with Gasteiger partial charge in [-0.1, -0.05) is 107 Å². The van der Waals surface area contributed by atoms with Crippen molar-refractivity contribution < 1.29 is 37.3 Å². The van der Waals surface area contributed by atoms with Gasteiger partial charge in [0, 0.05) is 13.0 Å². The summed E-state index contributed by atoms with van der Waals surface area (Å²) in [7, 11) is 1.63. The molecule has 0 fully saturated rings. The van der Waals surface area contributed by atoms with Crippen molar-refractivity contribution in [3.8, 4) is 0 Å². The standard InChI is InChI=1S/C38H70NO7P/c1-6-8-10-12-14-16-18-20-21-23-25-27-29-31-38(40)46-37(36-45-47(41,42)44-34-32-39(3,4)5)35-43-33-30-28-26-24-22-19-17-15-13-11-9-7-2/h8,10,13-16,20-21,37H,6-7,9,11-12,17-19,22-36H2,1-5H3/p+1/b10-8-,15-13-,16-14-,21-20-. The van der Waals surface area contributed by atoms with Gasteiger partial charge in [-0.15, -0.1) is 0 Å². The van der Waals surface area contributed by atoms with Crippen LogP contribution in [0.2, 0.25) is 0 Å². The fourth-order valence-electron chi connectivity index (χ4n) is 4.49. The van der Waals surface area contributed by atoms with E-state index in [-0.39, 0.29) is 25.8 Å². The Kier molecular flexibility index (Phi) is 30.7. The van der Waals surface area contributed by atoms with Gasteiger partial charge < -0.3 is 18.9 Å². The Morgan fingerprint density at radius 2 is 1.23 bits per heavy atom. The normalized spacial score (nSPS) is 14.6. The summed E-state index contributed by atoms with van der Waals surface area (Å²) in [5, 5.41) is 0. The van der Waals surface area contributed by atoms with Crippen LogP contribution in [0.5, 0.6) is 0 Å². The van der Waals surface area contributed by atoms with E-state index in [9.17, 15) is 14.3 Å². The number of ether oxygens (including phenoxy) is 2. The van der Waals surface area contributed by atoms with Crippen molar-refractivity contribution in [1.29, 1.82) is 0 Å². The lowest BCUT2D eigenvalue weighted by molar-refractivity contribution is -0.870. The van der Waals surface area contributed by atoms with Crippen LogP contribution in [0.4, 0.5) is 0 Å². The van der Waals surface area contributed by atoms with Crippen molar-refractivity contribution in [3.63, 3.8) is 0 Å². The van der Waals surface area contributed by atoms with E-state index in [0.29, 0.717) is 24.1 Å². The van der Waals surface area contributed by atoms with Crippen LogP contribution in [-0.2, 0) is 27.9 Å². The summed E-state index contributed by atoms with van der Waals surface area (Å²) in [5.41, 5.74) is 0. The maximum Gasteiger partial charge on any atom is 0.472 e. The first-order chi connectivity index (χ1) is 22.6. The first kappa shape index (κ1) is 45.5. The number of phosphoric acid groups is 1. The minimum atomic E-state index is -4.27. The summed E-state index contributed by atoms with van der Waals surface area (Å²) >= 11 is 0. The molecule has 1 N–H and O–H groups in total. The fourth-order valence-corrected chi connectivity index (χ4v) is 5.23. The van der Waals surface area contributed by atoms with Gasteiger partial charge in [0.05, 0.1) is 34.4 Å². The molecular formula is C38H71NO7P+. The lowest BCUT2D eigenvalue weighted by Gasteiger charge is -2.24. The Morgan fingerprint density at radius 3 is 1.87 bits per heavy atom. The molecule has 0 aliphatic rings. The minimum Gasteiger partial charge on any atom is -0.457 e. The molecule has 0 radical (unpaired) electrons. The highest BCUT2D eigenvalue weighted by atomic mass is 31.2. The van der Waals surface area contributed by atoms with E-state index in [0.717, 1.165) is 57.8 Å². The second kappa shape index (κ2) is 31.7.